The van der Waals surface area contributed by atoms with Crippen molar-refractivity contribution in [3.8, 4) is 0 Å². The maximum absolute atomic E-state index is 11.7. The standard InChI is InChI=1S/C13H23N3O5.C10H14N2O4/c1-10(2)21-9-14-11(17)8-15-3-5-16(6-4-15)12(18)7-13(19)20;1-7(2)16-6-11-8(13)5-12-9(14)3-4-10(12)15/h10H,3-9H2,1-2H3,(H,14,17)(H,19,20);3-4,7H,5-6H2,1-2H3,(H,11,13). The van der Waals surface area contributed by atoms with Crippen molar-refractivity contribution in [2.75, 3.05) is 52.7 Å². The van der Waals surface area contributed by atoms with Gasteiger partial charge in [-0.2, -0.15) is 0 Å². The van der Waals surface area contributed by atoms with Crippen molar-refractivity contribution in [3.63, 3.8) is 0 Å². The summed E-state index contributed by atoms with van der Waals surface area (Å²) in [5, 5.41) is 13.7. The molecule has 0 spiro atoms. The van der Waals surface area contributed by atoms with E-state index in [9.17, 15) is 28.8 Å². The largest absolute Gasteiger partial charge is 0.481 e. The number of imide groups is 1. The Bertz CT molecular complexity index is 834. The summed E-state index contributed by atoms with van der Waals surface area (Å²) in [4.78, 5) is 71.6. The maximum Gasteiger partial charge on any atom is 0.312 e. The minimum atomic E-state index is -1.12. The SMILES string of the molecule is CC(C)OCNC(=O)CN1C(=O)C=CC1=O.CC(C)OCNC(=O)CN1CCN(C(=O)CC(=O)O)CC1. The van der Waals surface area contributed by atoms with Crippen LogP contribution < -0.4 is 10.6 Å². The Morgan fingerprint density at radius 3 is 1.73 bits per heavy atom. The molecule has 14 nitrogen and oxygen atoms in total. The molecule has 1 fully saturated rings. The lowest BCUT2D eigenvalue weighted by Crippen LogP contribution is -2.51. The molecule has 0 aliphatic carbocycles. The number of ether oxygens (including phenoxy) is 2. The number of rotatable bonds is 12. The first-order chi connectivity index (χ1) is 17.4. The van der Waals surface area contributed by atoms with Gasteiger partial charge in [0.15, 0.2) is 0 Å². The second-order valence-corrected chi connectivity index (χ2v) is 8.74. The molecule has 2 rings (SSSR count). The zero-order valence-corrected chi connectivity index (χ0v) is 21.7. The number of carboxylic acid groups (broad SMARTS) is 1. The summed E-state index contributed by atoms with van der Waals surface area (Å²) < 4.78 is 10.3. The summed E-state index contributed by atoms with van der Waals surface area (Å²) in [6.07, 6.45) is 1.87. The molecule has 0 radical (unpaired) electrons. The van der Waals surface area contributed by atoms with Crippen LogP contribution in [0.15, 0.2) is 12.2 Å². The predicted octanol–water partition coefficient (Wildman–Crippen LogP) is -1.49. The van der Waals surface area contributed by atoms with Crippen molar-refractivity contribution >= 4 is 35.5 Å². The molecule has 2 aliphatic rings. The Hall–Kier alpha value is -3.36. The molecule has 0 aromatic carbocycles. The molecule has 0 unspecified atom stereocenters. The molecule has 1 saturated heterocycles. The lowest BCUT2D eigenvalue weighted by atomic mass is 10.2. The summed E-state index contributed by atoms with van der Waals surface area (Å²) in [5.41, 5.74) is 0. The first-order valence-corrected chi connectivity index (χ1v) is 11.9. The van der Waals surface area contributed by atoms with E-state index in [2.05, 4.69) is 10.6 Å². The van der Waals surface area contributed by atoms with Crippen molar-refractivity contribution < 1.29 is 43.3 Å². The van der Waals surface area contributed by atoms with Crippen LogP contribution in [0.2, 0.25) is 0 Å². The number of nitrogens with one attached hydrogen (secondary N) is 2. The third-order valence-corrected chi connectivity index (χ3v) is 4.97. The number of hydrogen-bond acceptors (Lipinski definition) is 9. The highest BCUT2D eigenvalue weighted by Crippen LogP contribution is 2.04. The molecule has 3 N–H and O–H groups in total. The van der Waals surface area contributed by atoms with Gasteiger partial charge < -0.3 is 30.1 Å². The Morgan fingerprint density at radius 2 is 1.30 bits per heavy atom. The van der Waals surface area contributed by atoms with Crippen molar-refractivity contribution in [2.45, 2.75) is 46.3 Å². The van der Waals surface area contributed by atoms with E-state index in [0.717, 1.165) is 17.1 Å². The van der Waals surface area contributed by atoms with Gasteiger partial charge in [-0.1, -0.05) is 0 Å². The molecule has 2 heterocycles. The zero-order valence-electron chi connectivity index (χ0n) is 21.7. The van der Waals surface area contributed by atoms with Crippen LogP contribution in [0, 0.1) is 0 Å². The number of carbonyl (C=O) groups excluding carboxylic acids is 5. The Kier molecular flexibility index (Phi) is 14.0. The van der Waals surface area contributed by atoms with Gasteiger partial charge in [0.1, 0.15) is 26.4 Å². The molecule has 2 aliphatic heterocycles. The van der Waals surface area contributed by atoms with Gasteiger partial charge in [-0.15, -0.1) is 0 Å². The van der Waals surface area contributed by atoms with E-state index in [1.807, 2.05) is 32.6 Å². The van der Waals surface area contributed by atoms with E-state index in [1.54, 1.807) is 0 Å². The van der Waals surface area contributed by atoms with Gasteiger partial charge in [-0.25, -0.2) is 0 Å². The second-order valence-electron chi connectivity index (χ2n) is 8.74. The highest BCUT2D eigenvalue weighted by molar-refractivity contribution is 6.14. The lowest BCUT2D eigenvalue weighted by molar-refractivity contribution is -0.145. The molecule has 0 atom stereocenters. The Balaban J connectivity index is 0.000000384. The molecule has 0 aromatic heterocycles. The zero-order chi connectivity index (χ0) is 28.0. The molecular weight excluding hydrogens is 490 g/mol. The fourth-order valence-electron chi connectivity index (χ4n) is 3.02. The van der Waals surface area contributed by atoms with Gasteiger partial charge >= 0.3 is 5.97 Å². The fraction of sp³-hybridized carbons (Fsp3) is 0.652. The van der Waals surface area contributed by atoms with E-state index in [0.29, 0.717) is 26.2 Å². The third kappa shape index (κ3) is 13.5. The van der Waals surface area contributed by atoms with Crippen molar-refractivity contribution in [3.05, 3.63) is 12.2 Å². The van der Waals surface area contributed by atoms with Crippen LogP contribution in [0.25, 0.3) is 0 Å². The van der Waals surface area contributed by atoms with Gasteiger partial charge in [0.2, 0.25) is 17.7 Å². The van der Waals surface area contributed by atoms with Crippen LogP contribution in [0.1, 0.15) is 34.1 Å². The van der Waals surface area contributed by atoms with Gasteiger partial charge in [0.25, 0.3) is 11.8 Å². The van der Waals surface area contributed by atoms with Crippen LogP contribution in [0.5, 0.6) is 0 Å². The van der Waals surface area contributed by atoms with Crippen molar-refractivity contribution in [1.82, 2.24) is 25.3 Å². The van der Waals surface area contributed by atoms with Crippen LogP contribution in [0.3, 0.4) is 0 Å². The fourth-order valence-corrected chi connectivity index (χ4v) is 3.02. The van der Waals surface area contributed by atoms with Crippen LogP contribution in [0.4, 0.5) is 0 Å². The number of carbonyl (C=O) groups is 6. The van der Waals surface area contributed by atoms with E-state index in [-0.39, 0.29) is 50.6 Å². The summed E-state index contributed by atoms with van der Waals surface area (Å²) in [7, 11) is 0. The minimum Gasteiger partial charge on any atom is -0.481 e. The average Bonchev–Trinajstić information content (AvgIpc) is 3.11. The highest BCUT2D eigenvalue weighted by atomic mass is 16.5. The van der Waals surface area contributed by atoms with E-state index in [4.69, 9.17) is 14.6 Å². The quantitative estimate of drug-likeness (QED) is 0.154. The number of nitrogens with zero attached hydrogens (tertiary/aromatic N) is 3. The number of aliphatic carboxylic acids is 1. The molecular formula is C23H37N5O9. The van der Waals surface area contributed by atoms with Crippen molar-refractivity contribution in [2.24, 2.45) is 0 Å². The number of piperazine rings is 1. The van der Waals surface area contributed by atoms with Gasteiger partial charge in [-0.3, -0.25) is 38.6 Å². The van der Waals surface area contributed by atoms with Gasteiger partial charge in [-0.05, 0) is 27.7 Å². The molecule has 0 aromatic rings. The summed E-state index contributed by atoms with van der Waals surface area (Å²) >= 11 is 0. The summed E-state index contributed by atoms with van der Waals surface area (Å²) in [6.45, 7) is 9.70. The summed E-state index contributed by atoms with van der Waals surface area (Å²) in [6, 6.07) is 0. The topological polar surface area (TPSA) is 175 Å². The van der Waals surface area contributed by atoms with E-state index >= 15 is 0 Å². The van der Waals surface area contributed by atoms with Gasteiger partial charge in [0.05, 0.1) is 18.8 Å². The normalized spacial score (nSPS) is 15.6. The van der Waals surface area contributed by atoms with E-state index < -0.39 is 30.1 Å². The van der Waals surface area contributed by atoms with Crippen LogP contribution >= 0.6 is 0 Å². The van der Waals surface area contributed by atoms with Gasteiger partial charge in [0, 0.05) is 38.3 Å². The maximum atomic E-state index is 11.7. The first-order valence-electron chi connectivity index (χ1n) is 11.9. The van der Waals surface area contributed by atoms with Crippen LogP contribution in [-0.4, -0.2) is 120 Å². The number of carboxylic acids is 1. The third-order valence-electron chi connectivity index (χ3n) is 4.97. The Morgan fingerprint density at radius 1 is 0.838 bits per heavy atom. The molecule has 5 amide bonds. The summed E-state index contributed by atoms with van der Waals surface area (Å²) in [5.74, 6) is -2.98. The average molecular weight is 528 g/mol. The molecule has 208 valence electrons. The Labute approximate surface area is 215 Å². The predicted molar refractivity (Wildman–Crippen MR) is 130 cm³/mol. The number of amides is 5. The second kappa shape index (κ2) is 16.4. The first kappa shape index (κ1) is 31.7. The number of hydrogen-bond donors (Lipinski definition) is 3. The molecule has 0 bridgehead atoms. The highest BCUT2D eigenvalue weighted by Gasteiger charge is 2.25. The minimum absolute atomic E-state index is 0.0111. The molecule has 14 heteroatoms. The monoisotopic (exact) mass is 527 g/mol. The molecule has 37 heavy (non-hydrogen) atoms. The smallest absolute Gasteiger partial charge is 0.312 e. The molecule has 0 saturated carbocycles. The van der Waals surface area contributed by atoms with Crippen molar-refractivity contribution in [1.29, 1.82) is 0 Å². The van der Waals surface area contributed by atoms with Crippen LogP contribution in [-0.2, 0) is 38.2 Å². The van der Waals surface area contributed by atoms with E-state index in [1.165, 1.54) is 4.90 Å². The lowest BCUT2D eigenvalue weighted by Gasteiger charge is -2.34.